The number of halogens is 1. The number of benzene rings is 1. The van der Waals surface area contributed by atoms with Crippen molar-refractivity contribution in [2.24, 2.45) is 0 Å². The van der Waals surface area contributed by atoms with Gasteiger partial charge in [0.05, 0.1) is 0 Å². The smallest absolute Gasteiger partial charge is 0.273 e. The van der Waals surface area contributed by atoms with Crippen molar-refractivity contribution in [3.05, 3.63) is 35.4 Å². The number of rotatable bonds is 0. The summed E-state index contributed by atoms with van der Waals surface area (Å²) >= 11 is 0. The van der Waals surface area contributed by atoms with Gasteiger partial charge < -0.3 is 0 Å². The molecule has 1 aromatic rings. The van der Waals surface area contributed by atoms with Crippen LogP contribution >= 0.6 is 10.7 Å². The first-order valence-electron chi connectivity index (χ1n) is 4.70. The molecule has 0 aliphatic heterocycles. The van der Waals surface area contributed by atoms with Gasteiger partial charge >= 0.3 is 9.33 Å². The van der Waals surface area contributed by atoms with Crippen molar-refractivity contribution in [3.63, 3.8) is 0 Å². The SMILES string of the molecule is O=S(=O)(O)Cl.c1ccc2c(c1)CCCC2. The van der Waals surface area contributed by atoms with Gasteiger partial charge in [-0.15, -0.1) is 0 Å². The lowest BCUT2D eigenvalue weighted by atomic mass is 9.92. The largest absolute Gasteiger partial charge is 0.353 e. The molecule has 5 heteroatoms. The Balaban J connectivity index is 0.000000195. The molecule has 0 atom stereocenters. The highest BCUT2D eigenvalue weighted by Gasteiger charge is 2.05. The maximum atomic E-state index is 8.95. The molecule has 15 heavy (non-hydrogen) atoms. The quantitative estimate of drug-likeness (QED) is 0.567. The van der Waals surface area contributed by atoms with E-state index in [1.54, 1.807) is 11.1 Å². The second-order valence-corrected chi connectivity index (χ2v) is 5.38. The highest BCUT2D eigenvalue weighted by atomic mass is 35.7. The van der Waals surface area contributed by atoms with E-state index in [-0.39, 0.29) is 0 Å². The fraction of sp³-hybridized carbons (Fsp3) is 0.400. The first kappa shape index (κ1) is 12.5. The summed E-state index contributed by atoms with van der Waals surface area (Å²) in [5.41, 5.74) is 3.16. The molecule has 1 aliphatic carbocycles. The Labute approximate surface area is 94.3 Å². The number of hydrogen-bond donors (Lipinski definition) is 1. The Bertz CT molecular complexity index is 381. The topological polar surface area (TPSA) is 54.4 Å². The van der Waals surface area contributed by atoms with Crippen LogP contribution in [-0.4, -0.2) is 13.0 Å². The van der Waals surface area contributed by atoms with E-state index in [2.05, 4.69) is 34.9 Å². The Morgan fingerprint density at radius 3 is 1.73 bits per heavy atom. The minimum atomic E-state index is -4.19. The monoisotopic (exact) mass is 248 g/mol. The zero-order valence-electron chi connectivity index (χ0n) is 8.19. The van der Waals surface area contributed by atoms with Crippen LogP contribution in [0.2, 0.25) is 0 Å². The van der Waals surface area contributed by atoms with Gasteiger partial charge in [-0.05, 0) is 36.8 Å². The Kier molecular flexibility index (Phi) is 4.57. The second kappa shape index (κ2) is 5.49. The summed E-state index contributed by atoms with van der Waals surface area (Å²) in [5, 5.41) is 0. The minimum absolute atomic E-state index is 1.30. The molecule has 0 bridgehead atoms. The molecule has 0 saturated carbocycles. The third kappa shape index (κ3) is 5.77. The van der Waals surface area contributed by atoms with Crippen molar-refractivity contribution in [1.29, 1.82) is 0 Å². The van der Waals surface area contributed by atoms with Crippen molar-refractivity contribution in [3.8, 4) is 0 Å². The third-order valence-electron chi connectivity index (χ3n) is 2.26. The summed E-state index contributed by atoms with van der Waals surface area (Å²) in [6.45, 7) is 0. The van der Waals surface area contributed by atoms with Crippen LogP contribution in [0.3, 0.4) is 0 Å². The van der Waals surface area contributed by atoms with Crippen LogP contribution in [0.5, 0.6) is 0 Å². The minimum Gasteiger partial charge on any atom is -0.273 e. The predicted octanol–water partition coefficient (Wildman–Crippen LogP) is 2.59. The maximum absolute atomic E-state index is 8.95. The first-order valence-corrected chi connectivity index (χ1v) is 6.97. The van der Waals surface area contributed by atoms with Crippen LogP contribution in [0.1, 0.15) is 24.0 Å². The zero-order valence-corrected chi connectivity index (χ0v) is 9.76. The van der Waals surface area contributed by atoms with Gasteiger partial charge in [0, 0.05) is 10.7 Å². The molecule has 1 aromatic carbocycles. The van der Waals surface area contributed by atoms with Crippen molar-refractivity contribution in [2.45, 2.75) is 25.7 Å². The van der Waals surface area contributed by atoms with Crippen LogP contribution in [0, 0.1) is 0 Å². The van der Waals surface area contributed by atoms with Crippen molar-refractivity contribution in [2.75, 3.05) is 0 Å². The lowest BCUT2D eigenvalue weighted by Gasteiger charge is -2.13. The number of hydrogen-bond acceptors (Lipinski definition) is 2. The highest BCUT2D eigenvalue weighted by Crippen LogP contribution is 2.19. The van der Waals surface area contributed by atoms with E-state index in [9.17, 15) is 0 Å². The van der Waals surface area contributed by atoms with Crippen molar-refractivity contribution >= 4 is 20.0 Å². The molecule has 0 heterocycles. The molecular weight excluding hydrogens is 236 g/mol. The lowest BCUT2D eigenvalue weighted by molar-refractivity contribution is 0.501. The van der Waals surface area contributed by atoms with Crippen LogP contribution in [0.15, 0.2) is 24.3 Å². The number of aryl methyl sites for hydroxylation is 2. The van der Waals surface area contributed by atoms with Crippen LogP contribution in [-0.2, 0) is 22.2 Å². The van der Waals surface area contributed by atoms with Crippen molar-refractivity contribution < 1.29 is 13.0 Å². The average Bonchev–Trinajstić information content (AvgIpc) is 2.16. The van der Waals surface area contributed by atoms with Crippen LogP contribution in [0.4, 0.5) is 0 Å². The first-order chi connectivity index (χ1) is 6.97. The summed E-state index contributed by atoms with van der Waals surface area (Å²) in [7, 11) is -0.137. The summed E-state index contributed by atoms with van der Waals surface area (Å²) < 4.78 is 25.2. The molecule has 3 nitrogen and oxygen atoms in total. The van der Waals surface area contributed by atoms with Gasteiger partial charge in [-0.25, -0.2) is 0 Å². The molecule has 0 saturated heterocycles. The number of fused-ring (bicyclic) bond motifs is 1. The maximum Gasteiger partial charge on any atom is 0.353 e. The second-order valence-electron chi connectivity index (χ2n) is 3.39. The fourth-order valence-corrected chi connectivity index (χ4v) is 1.68. The van der Waals surface area contributed by atoms with Gasteiger partial charge in [-0.1, -0.05) is 24.3 Å². The van der Waals surface area contributed by atoms with Crippen LogP contribution in [0.25, 0.3) is 0 Å². The Morgan fingerprint density at radius 1 is 1.07 bits per heavy atom. The normalized spacial score (nSPS) is 14.8. The average molecular weight is 249 g/mol. The van der Waals surface area contributed by atoms with E-state index in [0.717, 1.165) is 0 Å². The molecule has 1 aliphatic rings. The standard InChI is InChI=1S/C10H12.ClHO3S/c1-2-6-10-8-4-3-7-9(10)5-1;1-5(2,3)4/h1-2,5-6H,3-4,7-8H2;(H,2,3,4). The van der Waals surface area contributed by atoms with Gasteiger partial charge in [0.15, 0.2) is 0 Å². The van der Waals surface area contributed by atoms with E-state index >= 15 is 0 Å². The lowest BCUT2D eigenvalue weighted by Crippen LogP contribution is -2.00. The molecule has 0 fully saturated rings. The molecule has 0 aromatic heterocycles. The van der Waals surface area contributed by atoms with E-state index in [4.69, 9.17) is 13.0 Å². The molecule has 0 unspecified atom stereocenters. The highest BCUT2D eigenvalue weighted by molar-refractivity contribution is 8.09. The third-order valence-corrected chi connectivity index (χ3v) is 2.26. The van der Waals surface area contributed by atoms with Crippen LogP contribution < -0.4 is 0 Å². The van der Waals surface area contributed by atoms with Gasteiger partial charge in [-0.3, -0.25) is 4.55 Å². The summed E-state index contributed by atoms with van der Waals surface area (Å²) in [5.74, 6) is 0. The van der Waals surface area contributed by atoms with E-state index in [0.29, 0.717) is 0 Å². The zero-order chi connectivity index (χ0) is 11.3. The van der Waals surface area contributed by atoms with E-state index < -0.39 is 9.33 Å². The molecular formula is C10H13ClO3S. The summed E-state index contributed by atoms with van der Waals surface area (Å²) in [6.07, 6.45) is 5.38. The van der Waals surface area contributed by atoms with Gasteiger partial charge in [0.2, 0.25) is 0 Å². The van der Waals surface area contributed by atoms with Crippen molar-refractivity contribution in [1.82, 2.24) is 0 Å². The Hall–Kier alpha value is -0.580. The molecule has 0 amide bonds. The van der Waals surface area contributed by atoms with Gasteiger partial charge in [-0.2, -0.15) is 8.42 Å². The molecule has 0 radical (unpaired) electrons. The van der Waals surface area contributed by atoms with E-state index in [1.165, 1.54) is 25.7 Å². The van der Waals surface area contributed by atoms with E-state index in [1.807, 2.05) is 0 Å². The fourth-order valence-electron chi connectivity index (χ4n) is 1.68. The molecule has 2 rings (SSSR count). The van der Waals surface area contributed by atoms with Gasteiger partial charge in [0.1, 0.15) is 0 Å². The Morgan fingerprint density at radius 2 is 1.40 bits per heavy atom. The predicted molar refractivity (Wildman–Crippen MR) is 60.5 cm³/mol. The summed E-state index contributed by atoms with van der Waals surface area (Å²) in [6, 6.07) is 8.80. The molecule has 0 spiro atoms. The molecule has 1 N–H and O–H groups in total. The molecule has 84 valence electrons. The van der Waals surface area contributed by atoms with Gasteiger partial charge in [0.25, 0.3) is 0 Å². The summed E-state index contributed by atoms with van der Waals surface area (Å²) in [4.78, 5) is 0.